The van der Waals surface area contributed by atoms with Crippen LogP contribution >= 0.6 is 15.9 Å². The first-order chi connectivity index (χ1) is 9.65. The summed E-state index contributed by atoms with van der Waals surface area (Å²) in [7, 11) is 0. The number of carbonyl (C=O) groups is 1. The zero-order valence-corrected chi connectivity index (χ0v) is 13.3. The first-order valence-corrected chi connectivity index (χ1v) is 8.15. The third kappa shape index (κ3) is 4.91. The summed E-state index contributed by atoms with van der Waals surface area (Å²) in [4.78, 5) is 13.1. The molecule has 110 valence electrons. The quantitative estimate of drug-likeness (QED) is 0.858. The van der Waals surface area contributed by atoms with Gasteiger partial charge >= 0.3 is 5.97 Å². The Morgan fingerprint density at radius 3 is 3.00 bits per heavy atom. The van der Waals surface area contributed by atoms with Crippen molar-refractivity contribution in [1.82, 2.24) is 4.90 Å². The van der Waals surface area contributed by atoms with Crippen molar-refractivity contribution in [3.63, 3.8) is 0 Å². The Bertz CT molecular complexity index is 450. The number of carboxylic acids is 1. The molecule has 1 saturated heterocycles. The summed E-state index contributed by atoms with van der Waals surface area (Å²) in [6.07, 6.45) is 5.84. The standard InChI is InChI=1S/C16H22BrNO2/c17-14-6-3-5-13(11-14)12-15-7-1-2-9-18(15)10-4-8-16(19)20/h3,5-6,11,15H,1-2,4,7-10,12H2,(H,19,20). The minimum Gasteiger partial charge on any atom is -0.481 e. The van der Waals surface area contributed by atoms with Gasteiger partial charge in [-0.25, -0.2) is 0 Å². The van der Waals surface area contributed by atoms with Gasteiger partial charge in [0.15, 0.2) is 0 Å². The van der Waals surface area contributed by atoms with E-state index in [1.54, 1.807) is 0 Å². The third-order valence-corrected chi connectivity index (χ3v) is 4.44. The highest BCUT2D eigenvalue weighted by molar-refractivity contribution is 9.10. The van der Waals surface area contributed by atoms with Crippen LogP contribution in [-0.4, -0.2) is 35.1 Å². The Hall–Kier alpha value is -0.870. The Balaban J connectivity index is 1.91. The van der Waals surface area contributed by atoms with E-state index in [0.717, 1.165) is 30.4 Å². The molecule has 0 spiro atoms. The monoisotopic (exact) mass is 339 g/mol. The number of aliphatic carboxylic acids is 1. The number of rotatable bonds is 6. The van der Waals surface area contributed by atoms with Crippen molar-refractivity contribution in [3.05, 3.63) is 34.3 Å². The topological polar surface area (TPSA) is 40.5 Å². The molecule has 1 unspecified atom stereocenters. The van der Waals surface area contributed by atoms with E-state index in [2.05, 4.69) is 45.1 Å². The second-order valence-electron chi connectivity index (χ2n) is 5.52. The number of hydrogen-bond acceptors (Lipinski definition) is 2. The van der Waals surface area contributed by atoms with Crippen molar-refractivity contribution in [2.45, 2.75) is 44.6 Å². The Morgan fingerprint density at radius 2 is 2.25 bits per heavy atom. The van der Waals surface area contributed by atoms with Crippen LogP contribution in [0.4, 0.5) is 0 Å². The highest BCUT2D eigenvalue weighted by Crippen LogP contribution is 2.22. The molecular formula is C16H22BrNO2. The van der Waals surface area contributed by atoms with Crippen LogP contribution in [0.1, 0.15) is 37.7 Å². The minimum absolute atomic E-state index is 0.278. The van der Waals surface area contributed by atoms with E-state index in [-0.39, 0.29) is 6.42 Å². The molecule has 1 aromatic carbocycles. The maximum atomic E-state index is 10.6. The van der Waals surface area contributed by atoms with Crippen LogP contribution in [0.2, 0.25) is 0 Å². The fourth-order valence-corrected chi connectivity index (χ4v) is 3.40. The van der Waals surface area contributed by atoms with E-state index in [9.17, 15) is 4.79 Å². The molecule has 1 aromatic rings. The molecule has 0 saturated carbocycles. The van der Waals surface area contributed by atoms with E-state index in [1.807, 2.05) is 0 Å². The fraction of sp³-hybridized carbons (Fsp3) is 0.562. The smallest absolute Gasteiger partial charge is 0.303 e. The van der Waals surface area contributed by atoms with E-state index >= 15 is 0 Å². The van der Waals surface area contributed by atoms with Gasteiger partial charge in [-0.15, -0.1) is 0 Å². The number of piperidine rings is 1. The molecule has 2 rings (SSSR count). The van der Waals surface area contributed by atoms with Crippen molar-refractivity contribution in [3.8, 4) is 0 Å². The Morgan fingerprint density at radius 1 is 1.40 bits per heavy atom. The molecule has 0 aliphatic carbocycles. The summed E-state index contributed by atoms with van der Waals surface area (Å²) in [5.74, 6) is -0.689. The van der Waals surface area contributed by atoms with Gasteiger partial charge in [-0.1, -0.05) is 34.5 Å². The Labute approximate surface area is 129 Å². The molecule has 1 fully saturated rings. The second-order valence-corrected chi connectivity index (χ2v) is 6.43. The maximum absolute atomic E-state index is 10.6. The third-order valence-electron chi connectivity index (χ3n) is 3.95. The summed E-state index contributed by atoms with van der Waals surface area (Å²) in [5, 5.41) is 8.75. The zero-order chi connectivity index (χ0) is 14.4. The number of hydrogen-bond donors (Lipinski definition) is 1. The largest absolute Gasteiger partial charge is 0.481 e. The maximum Gasteiger partial charge on any atom is 0.303 e. The van der Waals surface area contributed by atoms with Gasteiger partial charge < -0.3 is 10.0 Å². The second kappa shape index (κ2) is 7.79. The number of nitrogens with zero attached hydrogens (tertiary/aromatic N) is 1. The highest BCUT2D eigenvalue weighted by atomic mass is 79.9. The van der Waals surface area contributed by atoms with Crippen molar-refractivity contribution in [2.24, 2.45) is 0 Å². The lowest BCUT2D eigenvalue weighted by Gasteiger charge is -2.36. The van der Waals surface area contributed by atoms with E-state index in [0.29, 0.717) is 6.04 Å². The van der Waals surface area contributed by atoms with Crippen LogP contribution in [-0.2, 0) is 11.2 Å². The molecule has 4 heteroatoms. The molecule has 20 heavy (non-hydrogen) atoms. The van der Waals surface area contributed by atoms with E-state index in [4.69, 9.17) is 5.11 Å². The predicted octanol–water partition coefficient (Wildman–Crippen LogP) is 3.71. The van der Waals surface area contributed by atoms with Gasteiger partial charge in [0, 0.05) is 16.9 Å². The zero-order valence-electron chi connectivity index (χ0n) is 11.7. The van der Waals surface area contributed by atoms with Crippen LogP contribution in [0.3, 0.4) is 0 Å². The summed E-state index contributed by atoms with van der Waals surface area (Å²) >= 11 is 3.52. The van der Waals surface area contributed by atoms with Gasteiger partial charge in [0.1, 0.15) is 0 Å². The number of benzene rings is 1. The molecule has 1 aliphatic heterocycles. The number of halogens is 1. The number of carboxylic acid groups (broad SMARTS) is 1. The van der Waals surface area contributed by atoms with Gasteiger partial charge in [0.2, 0.25) is 0 Å². The molecular weight excluding hydrogens is 318 g/mol. The molecule has 1 atom stereocenters. The molecule has 0 bridgehead atoms. The molecule has 1 aliphatic rings. The van der Waals surface area contributed by atoms with Crippen molar-refractivity contribution in [2.75, 3.05) is 13.1 Å². The lowest BCUT2D eigenvalue weighted by molar-refractivity contribution is -0.137. The lowest BCUT2D eigenvalue weighted by Crippen LogP contribution is -2.41. The van der Waals surface area contributed by atoms with Gasteiger partial charge in [-0.3, -0.25) is 4.79 Å². The van der Waals surface area contributed by atoms with Gasteiger partial charge in [0.05, 0.1) is 0 Å². The van der Waals surface area contributed by atoms with Gasteiger partial charge in [-0.2, -0.15) is 0 Å². The average Bonchev–Trinajstić information content (AvgIpc) is 2.40. The minimum atomic E-state index is -0.689. The predicted molar refractivity (Wildman–Crippen MR) is 83.9 cm³/mol. The van der Waals surface area contributed by atoms with Crippen molar-refractivity contribution < 1.29 is 9.90 Å². The van der Waals surface area contributed by atoms with Crippen LogP contribution < -0.4 is 0 Å². The number of likely N-dealkylation sites (tertiary alicyclic amines) is 1. The summed E-state index contributed by atoms with van der Waals surface area (Å²) in [6, 6.07) is 9.05. The summed E-state index contributed by atoms with van der Waals surface area (Å²) in [6.45, 7) is 2.02. The van der Waals surface area contributed by atoms with Crippen LogP contribution in [0.15, 0.2) is 28.7 Å². The van der Waals surface area contributed by atoms with Crippen molar-refractivity contribution >= 4 is 21.9 Å². The normalized spacial score (nSPS) is 19.9. The summed E-state index contributed by atoms with van der Waals surface area (Å²) in [5.41, 5.74) is 1.36. The molecule has 1 heterocycles. The van der Waals surface area contributed by atoms with Crippen molar-refractivity contribution in [1.29, 1.82) is 0 Å². The first kappa shape index (κ1) is 15.5. The lowest BCUT2D eigenvalue weighted by atomic mass is 9.95. The molecule has 0 aromatic heterocycles. The molecule has 0 radical (unpaired) electrons. The van der Waals surface area contributed by atoms with Crippen LogP contribution in [0.25, 0.3) is 0 Å². The first-order valence-electron chi connectivity index (χ1n) is 7.35. The summed E-state index contributed by atoms with van der Waals surface area (Å²) < 4.78 is 1.13. The molecule has 1 N–H and O–H groups in total. The highest BCUT2D eigenvalue weighted by Gasteiger charge is 2.22. The van der Waals surface area contributed by atoms with E-state index < -0.39 is 5.97 Å². The van der Waals surface area contributed by atoms with Gasteiger partial charge in [-0.05, 0) is 56.5 Å². The van der Waals surface area contributed by atoms with Crippen LogP contribution in [0, 0.1) is 0 Å². The Kier molecular flexibility index (Phi) is 6.05. The molecule has 0 amide bonds. The fourth-order valence-electron chi connectivity index (χ4n) is 2.95. The molecule has 3 nitrogen and oxygen atoms in total. The SMILES string of the molecule is O=C(O)CCCN1CCCCC1Cc1cccc(Br)c1. The average molecular weight is 340 g/mol. The van der Waals surface area contributed by atoms with Gasteiger partial charge in [0.25, 0.3) is 0 Å². The van der Waals surface area contributed by atoms with Crippen LogP contribution in [0.5, 0.6) is 0 Å². The van der Waals surface area contributed by atoms with E-state index in [1.165, 1.54) is 24.8 Å².